The largest absolute Gasteiger partial charge is 0.398 e. The van der Waals surface area contributed by atoms with E-state index in [2.05, 4.69) is 10.3 Å². The number of oxime groups is 2. The van der Waals surface area contributed by atoms with Gasteiger partial charge >= 0.3 is 0 Å². The third-order valence-corrected chi connectivity index (χ3v) is 5.79. The monoisotopic (exact) mass is 429 g/mol. The molecule has 1 aliphatic carbocycles. The predicted octanol–water partition coefficient (Wildman–Crippen LogP) is 3.98. The molecule has 3 rings (SSSR count). The van der Waals surface area contributed by atoms with Crippen molar-refractivity contribution in [1.29, 1.82) is 0 Å². The number of rotatable bonds is 8. The van der Waals surface area contributed by atoms with Gasteiger partial charge in [0.25, 0.3) is 5.91 Å². The minimum absolute atomic E-state index is 0.00736. The second-order valence-corrected chi connectivity index (χ2v) is 7.89. The van der Waals surface area contributed by atoms with Gasteiger partial charge in [0.15, 0.2) is 5.71 Å². The predicted molar refractivity (Wildman–Crippen MR) is 114 cm³/mol. The lowest BCUT2D eigenvalue weighted by Crippen LogP contribution is -2.26. The van der Waals surface area contributed by atoms with Crippen molar-refractivity contribution < 1.29 is 23.3 Å². The van der Waals surface area contributed by atoms with Gasteiger partial charge in [-0.3, -0.25) is 4.79 Å². The van der Waals surface area contributed by atoms with Crippen molar-refractivity contribution in [3.63, 3.8) is 0 Å². The van der Waals surface area contributed by atoms with Gasteiger partial charge in [0.2, 0.25) is 0 Å². The number of halogens is 2. The van der Waals surface area contributed by atoms with Crippen molar-refractivity contribution >= 4 is 17.3 Å². The zero-order chi connectivity index (χ0) is 22.8. The van der Waals surface area contributed by atoms with Crippen LogP contribution >= 0.6 is 0 Å². The Morgan fingerprint density at radius 1 is 1.26 bits per heavy atom. The summed E-state index contributed by atoms with van der Waals surface area (Å²) in [7, 11) is 1.33. The second-order valence-electron chi connectivity index (χ2n) is 7.89. The molecular formula is C23H25F2N3O3. The highest BCUT2D eigenvalue weighted by molar-refractivity contribution is 6.45. The minimum atomic E-state index is -0.719. The maximum absolute atomic E-state index is 14.2. The highest BCUT2D eigenvalue weighted by Crippen LogP contribution is 2.55. The summed E-state index contributed by atoms with van der Waals surface area (Å²) < 4.78 is 27.4. The topological polar surface area (TPSA) is 86.3 Å². The highest BCUT2D eigenvalue weighted by Gasteiger charge is 2.54. The minimum Gasteiger partial charge on any atom is -0.398 e. The van der Waals surface area contributed by atoms with Crippen LogP contribution in [0.3, 0.4) is 0 Å². The molecule has 6 nitrogen and oxygen atoms in total. The maximum atomic E-state index is 14.2. The Hall–Kier alpha value is -3.29. The quantitative estimate of drug-likeness (QED) is 0.509. The number of primary amides is 1. The lowest BCUT2D eigenvalue weighted by Gasteiger charge is -2.14. The lowest BCUT2D eigenvalue weighted by atomic mass is 9.93. The van der Waals surface area contributed by atoms with Crippen molar-refractivity contribution in [2.24, 2.45) is 22.0 Å². The number of benzene rings is 2. The average molecular weight is 429 g/mol. The first-order valence-electron chi connectivity index (χ1n) is 9.80. The van der Waals surface area contributed by atoms with Crippen molar-refractivity contribution in [3.05, 3.63) is 70.3 Å². The molecule has 1 aliphatic rings. The second kappa shape index (κ2) is 8.83. The Balaban J connectivity index is 1.76. The third kappa shape index (κ3) is 4.57. The number of aryl methyl sites for hydroxylation is 1. The van der Waals surface area contributed by atoms with Gasteiger partial charge in [-0.1, -0.05) is 41.5 Å². The van der Waals surface area contributed by atoms with E-state index in [-0.39, 0.29) is 18.2 Å². The van der Waals surface area contributed by atoms with E-state index >= 15 is 0 Å². The summed E-state index contributed by atoms with van der Waals surface area (Å²) in [6.07, 6.45) is 0.691. The zero-order valence-corrected chi connectivity index (χ0v) is 17.9. The maximum Gasteiger partial charge on any atom is 0.271 e. The number of carbonyl (C=O) groups is 1. The first-order valence-corrected chi connectivity index (χ1v) is 9.80. The van der Waals surface area contributed by atoms with Crippen LogP contribution in [-0.2, 0) is 26.5 Å². The summed E-state index contributed by atoms with van der Waals surface area (Å²) in [5, 5.41) is 7.95. The van der Waals surface area contributed by atoms with E-state index in [1.807, 2.05) is 26.8 Å². The molecular weight excluding hydrogens is 404 g/mol. The fourth-order valence-corrected chi connectivity index (χ4v) is 3.92. The highest BCUT2D eigenvalue weighted by atomic mass is 19.1. The van der Waals surface area contributed by atoms with Crippen LogP contribution in [0.25, 0.3) is 0 Å². The summed E-state index contributed by atoms with van der Waals surface area (Å²) >= 11 is 0. The normalized spacial score (nSPS) is 21.0. The SMILES string of the molecule is CO/N=C(\C(N)=O)c1cccc(C)c1CO/N=C(\C)C1CC1(C)c1ccc(F)cc1F. The molecule has 0 saturated heterocycles. The van der Waals surface area contributed by atoms with Crippen LogP contribution in [-0.4, -0.2) is 24.4 Å². The molecule has 0 heterocycles. The summed E-state index contributed by atoms with van der Waals surface area (Å²) in [6, 6.07) is 9.01. The zero-order valence-electron chi connectivity index (χ0n) is 17.9. The van der Waals surface area contributed by atoms with Gasteiger partial charge in [0.1, 0.15) is 25.4 Å². The van der Waals surface area contributed by atoms with Crippen LogP contribution < -0.4 is 5.73 Å². The first kappa shape index (κ1) is 22.4. The van der Waals surface area contributed by atoms with E-state index in [0.717, 1.165) is 11.6 Å². The smallest absolute Gasteiger partial charge is 0.271 e. The van der Waals surface area contributed by atoms with Crippen LogP contribution in [0.1, 0.15) is 42.5 Å². The van der Waals surface area contributed by atoms with Crippen molar-refractivity contribution in [1.82, 2.24) is 0 Å². The van der Waals surface area contributed by atoms with Gasteiger partial charge in [-0.05, 0) is 37.5 Å². The number of nitrogens with two attached hydrogens (primary N) is 1. The van der Waals surface area contributed by atoms with Gasteiger partial charge in [0, 0.05) is 28.5 Å². The Kier molecular flexibility index (Phi) is 6.38. The number of hydrogen-bond donors (Lipinski definition) is 1. The molecule has 0 radical (unpaired) electrons. The summed E-state index contributed by atoms with van der Waals surface area (Å²) in [6.45, 7) is 5.70. The molecule has 1 fully saturated rings. The van der Waals surface area contributed by atoms with E-state index in [1.54, 1.807) is 12.1 Å². The third-order valence-electron chi connectivity index (χ3n) is 5.79. The number of amides is 1. The average Bonchev–Trinajstić information content (AvgIpc) is 3.39. The molecule has 0 aliphatic heterocycles. The van der Waals surface area contributed by atoms with E-state index in [0.29, 0.717) is 28.8 Å². The fraction of sp³-hybridized carbons (Fsp3) is 0.348. The standard InChI is InChI=1S/C23H25F2N3O3/c1-13-6-5-7-16(21(22(26)29)28-30-4)17(13)12-31-27-14(2)19-11-23(19,3)18-9-8-15(24)10-20(18)25/h5-10,19H,11-12H2,1-4H3,(H2,26,29)/b27-14+,28-21-. The Labute approximate surface area is 179 Å². The van der Waals surface area contributed by atoms with E-state index in [4.69, 9.17) is 15.4 Å². The van der Waals surface area contributed by atoms with Gasteiger partial charge in [0.05, 0.1) is 5.71 Å². The molecule has 31 heavy (non-hydrogen) atoms. The number of hydrogen-bond acceptors (Lipinski definition) is 5. The number of nitrogens with zero attached hydrogens (tertiary/aromatic N) is 2. The number of carbonyl (C=O) groups excluding carboxylic acids is 1. The molecule has 2 aromatic carbocycles. The molecule has 2 aromatic rings. The van der Waals surface area contributed by atoms with Crippen LogP contribution in [0.15, 0.2) is 46.7 Å². The first-order chi connectivity index (χ1) is 14.7. The molecule has 8 heteroatoms. The summed E-state index contributed by atoms with van der Waals surface area (Å²) in [5.74, 6) is -1.89. The van der Waals surface area contributed by atoms with Crippen LogP contribution in [0.2, 0.25) is 0 Å². The molecule has 164 valence electrons. The molecule has 0 aromatic heterocycles. The Morgan fingerprint density at radius 2 is 2.00 bits per heavy atom. The van der Waals surface area contributed by atoms with Crippen molar-refractivity contribution in [2.75, 3.05) is 7.11 Å². The van der Waals surface area contributed by atoms with Crippen molar-refractivity contribution in [2.45, 2.75) is 39.2 Å². The van der Waals surface area contributed by atoms with Crippen LogP contribution in [0, 0.1) is 24.5 Å². The Bertz CT molecular complexity index is 1070. The molecule has 2 atom stereocenters. The molecule has 0 bridgehead atoms. The van der Waals surface area contributed by atoms with Gasteiger partial charge in [-0.2, -0.15) is 0 Å². The van der Waals surface area contributed by atoms with Gasteiger partial charge in [-0.25, -0.2) is 8.78 Å². The summed E-state index contributed by atoms with van der Waals surface area (Å²) in [5.41, 5.74) is 8.24. The van der Waals surface area contributed by atoms with Crippen LogP contribution in [0.4, 0.5) is 8.78 Å². The van der Waals surface area contributed by atoms with Crippen LogP contribution in [0.5, 0.6) is 0 Å². The fourth-order valence-electron chi connectivity index (χ4n) is 3.92. The molecule has 0 spiro atoms. The molecule has 2 N–H and O–H groups in total. The van der Waals surface area contributed by atoms with E-state index in [9.17, 15) is 13.6 Å². The van der Waals surface area contributed by atoms with E-state index in [1.165, 1.54) is 19.2 Å². The molecule has 2 unspecified atom stereocenters. The summed E-state index contributed by atoms with van der Waals surface area (Å²) in [4.78, 5) is 22.1. The molecule has 1 saturated carbocycles. The van der Waals surface area contributed by atoms with Gasteiger partial charge < -0.3 is 15.4 Å². The lowest BCUT2D eigenvalue weighted by molar-refractivity contribution is -0.112. The van der Waals surface area contributed by atoms with E-state index < -0.39 is 23.0 Å². The van der Waals surface area contributed by atoms with Gasteiger partial charge in [-0.15, -0.1) is 0 Å². The van der Waals surface area contributed by atoms with Crippen molar-refractivity contribution in [3.8, 4) is 0 Å². The molecule has 1 amide bonds. The Morgan fingerprint density at radius 3 is 2.65 bits per heavy atom.